The number of thiocarbonyl (C=S) groups is 1. The number of aromatic nitrogens is 1. The van der Waals surface area contributed by atoms with E-state index in [0.29, 0.717) is 6.54 Å². The second-order valence-corrected chi connectivity index (χ2v) is 8.97. The number of H-pyrrole nitrogens is 1. The van der Waals surface area contributed by atoms with Crippen LogP contribution in [0.2, 0.25) is 0 Å². The van der Waals surface area contributed by atoms with Crippen molar-refractivity contribution in [2.45, 2.75) is 26.8 Å². The Hall–Kier alpha value is -1.96. The third-order valence-electron chi connectivity index (χ3n) is 5.05. The summed E-state index contributed by atoms with van der Waals surface area (Å²) in [4.78, 5) is 20.7. The molecule has 0 aliphatic heterocycles. The third-order valence-corrected chi connectivity index (χ3v) is 5.45. The van der Waals surface area contributed by atoms with Crippen LogP contribution in [0.15, 0.2) is 23.0 Å². The van der Waals surface area contributed by atoms with Gasteiger partial charge in [0.15, 0.2) is 5.11 Å². The molecule has 0 spiro atoms. The van der Waals surface area contributed by atoms with E-state index >= 15 is 0 Å². The maximum atomic E-state index is 12.7. The zero-order valence-corrected chi connectivity index (χ0v) is 19.6. The Morgan fingerprint density at radius 1 is 1.10 bits per heavy atom. The van der Waals surface area contributed by atoms with Crippen LogP contribution in [0.5, 0.6) is 0 Å². The van der Waals surface area contributed by atoms with E-state index in [4.69, 9.17) is 12.2 Å². The Morgan fingerprint density at radius 2 is 1.79 bits per heavy atom. The van der Waals surface area contributed by atoms with Crippen LogP contribution in [0.4, 0.5) is 0 Å². The molecule has 0 atom stereocenters. The number of quaternary nitrogens is 2. The summed E-state index contributed by atoms with van der Waals surface area (Å²) in [7, 11) is 8.56. The molecule has 29 heavy (non-hydrogen) atoms. The molecule has 0 aliphatic carbocycles. The number of aromatic amines is 1. The molecule has 2 aromatic rings. The van der Waals surface area contributed by atoms with Crippen LogP contribution in [0, 0.1) is 13.8 Å². The highest BCUT2D eigenvalue weighted by Crippen LogP contribution is 2.19. The first-order chi connectivity index (χ1) is 13.7. The van der Waals surface area contributed by atoms with Crippen molar-refractivity contribution < 1.29 is 9.80 Å². The summed E-state index contributed by atoms with van der Waals surface area (Å²) in [6.45, 7) is 8.35. The van der Waals surface area contributed by atoms with Crippen LogP contribution in [-0.2, 0) is 6.54 Å². The average molecular weight is 420 g/mol. The lowest BCUT2D eigenvalue weighted by atomic mass is 10.0. The second-order valence-electron chi connectivity index (χ2n) is 8.59. The molecule has 1 aromatic carbocycles. The number of rotatable bonds is 9. The summed E-state index contributed by atoms with van der Waals surface area (Å²) in [6, 6.07) is 6.20. The van der Waals surface area contributed by atoms with Gasteiger partial charge in [0.1, 0.15) is 0 Å². The van der Waals surface area contributed by atoms with Crippen molar-refractivity contribution in [3.63, 3.8) is 0 Å². The molecule has 0 unspecified atom stereocenters. The molecule has 0 radical (unpaired) electrons. The summed E-state index contributed by atoms with van der Waals surface area (Å²) in [5, 5.41) is 5.20. The van der Waals surface area contributed by atoms with Gasteiger partial charge in [0.05, 0.1) is 54.4 Å². The molecule has 0 saturated carbocycles. The highest BCUT2D eigenvalue weighted by Gasteiger charge is 2.15. The van der Waals surface area contributed by atoms with Crippen molar-refractivity contribution in [1.82, 2.24) is 15.2 Å². The lowest BCUT2D eigenvalue weighted by molar-refractivity contribution is -0.858. The first-order valence-electron chi connectivity index (χ1n) is 10.4. The molecular formula is C22H37N5OS+2. The fourth-order valence-electron chi connectivity index (χ4n) is 3.40. The van der Waals surface area contributed by atoms with Crippen molar-refractivity contribution in [2.75, 3.05) is 54.4 Å². The molecule has 1 aromatic heterocycles. The normalized spacial score (nSPS) is 11.4. The molecule has 160 valence electrons. The number of nitrogens with zero attached hydrogens (tertiary/aromatic N) is 1. The summed E-state index contributed by atoms with van der Waals surface area (Å²) in [6.07, 6.45) is 1.06. The second kappa shape index (κ2) is 10.7. The van der Waals surface area contributed by atoms with Crippen molar-refractivity contribution in [1.29, 1.82) is 0 Å². The van der Waals surface area contributed by atoms with Gasteiger partial charge >= 0.3 is 0 Å². The Balaban J connectivity index is 2.20. The molecule has 0 amide bonds. The minimum Gasteiger partial charge on any atom is -0.362 e. The standard InChI is InChI=1S/C22H35N5OS/c1-16-12-17(2)19-14-18(21(28)24-20(19)13-16)15-27(11-10-26(5)6)22(29)23-8-7-9-25(3)4/h12-14H,7-11,15H2,1-6H3,(H,23,29)(H,24,28)/p+2. The zero-order chi connectivity index (χ0) is 21.6. The first kappa shape index (κ1) is 23.3. The van der Waals surface area contributed by atoms with Crippen LogP contribution in [0.25, 0.3) is 10.9 Å². The number of benzene rings is 1. The van der Waals surface area contributed by atoms with E-state index in [9.17, 15) is 4.79 Å². The molecule has 0 saturated heterocycles. The molecule has 6 nitrogen and oxygen atoms in total. The van der Waals surface area contributed by atoms with Gasteiger partial charge in [0.25, 0.3) is 5.56 Å². The van der Waals surface area contributed by atoms with Gasteiger partial charge in [-0.25, -0.2) is 0 Å². The Morgan fingerprint density at radius 3 is 2.45 bits per heavy atom. The average Bonchev–Trinajstić information content (AvgIpc) is 2.62. The van der Waals surface area contributed by atoms with Gasteiger partial charge < -0.3 is 25.0 Å². The highest BCUT2D eigenvalue weighted by atomic mass is 32.1. The minimum absolute atomic E-state index is 0.0382. The molecule has 2 rings (SSSR count). The molecule has 0 fully saturated rings. The Bertz CT molecular complexity index is 891. The zero-order valence-electron chi connectivity index (χ0n) is 18.7. The number of hydrogen-bond acceptors (Lipinski definition) is 2. The van der Waals surface area contributed by atoms with E-state index in [1.807, 2.05) is 19.1 Å². The molecule has 0 aliphatic rings. The maximum Gasteiger partial charge on any atom is 0.253 e. The lowest BCUT2D eigenvalue weighted by Gasteiger charge is -2.26. The van der Waals surface area contributed by atoms with Crippen molar-refractivity contribution in [3.8, 4) is 0 Å². The fraction of sp³-hybridized carbons (Fsp3) is 0.545. The van der Waals surface area contributed by atoms with Crippen LogP contribution in [0.3, 0.4) is 0 Å². The topological polar surface area (TPSA) is 57.0 Å². The fourth-order valence-corrected chi connectivity index (χ4v) is 3.66. The summed E-state index contributed by atoms with van der Waals surface area (Å²) < 4.78 is 0. The molecule has 1 heterocycles. The largest absolute Gasteiger partial charge is 0.362 e. The van der Waals surface area contributed by atoms with Gasteiger partial charge in [0, 0.05) is 29.4 Å². The van der Waals surface area contributed by atoms with E-state index in [1.165, 1.54) is 15.4 Å². The van der Waals surface area contributed by atoms with E-state index in [2.05, 4.69) is 56.4 Å². The third kappa shape index (κ3) is 7.10. The number of hydrogen-bond donors (Lipinski definition) is 4. The lowest BCUT2D eigenvalue weighted by Crippen LogP contribution is -3.06. The van der Waals surface area contributed by atoms with E-state index in [1.54, 1.807) is 0 Å². The SMILES string of the molecule is Cc1cc(C)c2cc(CN(CC[NH+](C)C)C(=S)NCCC[NH+](C)C)c(=O)[nH]c2c1. The van der Waals surface area contributed by atoms with Crippen LogP contribution >= 0.6 is 12.2 Å². The van der Waals surface area contributed by atoms with E-state index in [-0.39, 0.29) is 5.56 Å². The van der Waals surface area contributed by atoms with Gasteiger partial charge in [-0.3, -0.25) is 4.79 Å². The predicted octanol–water partition coefficient (Wildman–Crippen LogP) is -0.499. The summed E-state index contributed by atoms with van der Waals surface area (Å²) >= 11 is 5.67. The molecule has 0 bridgehead atoms. The Kier molecular flexibility index (Phi) is 8.61. The van der Waals surface area contributed by atoms with Crippen LogP contribution in [0.1, 0.15) is 23.1 Å². The first-order valence-corrected chi connectivity index (χ1v) is 10.8. The van der Waals surface area contributed by atoms with Crippen molar-refractivity contribution in [2.24, 2.45) is 0 Å². The number of fused-ring (bicyclic) bond motifs is 1. The quantitative estimate of drug-likeness (QED) is 0.327. The van der Waals surface area contributed by atoms with Crippen molar-refractivity contribution in [3.05, 3.63) is 45.2 Å². The van der Waals surface area contributed by atoms with Crippen LogP contribution < -0.4 is 20.7 Å². The summed E-state index contributed by atoms with van der Waals surface area (Å²) in [5.41, 5.74) is 3.93. The van der Waals surface area contributed by atoms with Gasteiger partial charge in [-0.05, 0) is 49.3 Å². The Labute approximate surface area is 179 Å². The number of nitrogens with one attached hydrogen (secondary N) is 4. The highest BCUT2D eigenvalue weighted by molar-refractivity contribution is 7.80. The minimum atomic E-state index is -0.0382. The summed E-state index contributed by atoms with van der Waals surface area (Å²) in [5.74, 6) is 0. The monoisotopic (exact) mass is 419 g/mol. The van der Waals surface area contributed by atoms with Gasteiger partial charge in [0.2, 0.25) is 0 Å². The van der Waals surface area contributed by atoms with Gasteiger partial charge in [-0.1, -0.05) is 6.07 Å². The van der Waals surface area contributed by atoms with E-state index < -0.39 is 0 Å². The maximum absolute atomic E-state index is 12.7. The number of pyridine rings is 1. The number of likely N-dealkylation sites (N-methyl/N-ethyl adjacent to an activating group) is 1. The van der Waals surface area contributed by atoms with Crippen molar-refractivity contribution >= 4 is 28.2 Å². The predicted molar refractivity (Wildman–Crippen MR) is 125 cm³/mol. The van der Waals surface area contributed by atoms with Crippen LogP contribution in [-0.4, -0.2) is 69.4 Å². The molecule has 7 heteroatoms. The number of aryl methyl sites for hydroxylation is 2. The van der Waals surface area contributed by atoms with Gasteiger partial charge in [-0.2, -0.15) is 0 Å². The van der Waals surface area contributed by atoms with Gasteiger partial charge in [-0.15, -0.1) is 0 Å². The smallest absolute Gasteiger partial charge is 0.253 e. The molecular weight excluding hydrogens is 382 g/mol. The van der Waals surface area contributed by atoms with E-state index in [0.717, 1.165) is 59.7 Å². The molecule has 4 N–H and O–H groups in total.